The molecule has 1 saturated heterocycles. The monoisotopic (exact) mass is 483 g/mol. The highest BCUT2D eigenvalue weighted by atomic mass is 35.5. The Balaban J connectivity index is 1.62. The number of H-pyrrole nitrogens is 1. The molecular formula is C21H21ClF3N5O3. The molecule has 0 radical (unpaired) electrons. The third kappa shape index (κ3) is 4.82. The molecule has 3 heterocycles. The lowest BCUT2D eigenvalue weighted by Crippen LogP contribution is -2.39. The van der Waals surface area contributed by atoms with Gasteiger partial charge in [-0.3, -0.25) is 19.4 Å². The summed E-state index contributed by atoms with van der Waals surface area (Å²) in [6.07, 6.45) is -3.19. The second kappa shape index (κ2) is 8.69. The van der Waals surface area contributed by atoms with Crippen molar-refractivity contribution in [3.8, 4) is 0 Å². The third-order valence-corrected chi connectivity index (χ3v) is 6.21. The molecule has 4 rings (SSSR count). The summed E-state index contributed by atoms with van der Waals surface area (Å²) in [7, 11) is 0. The molecular weight excluding hydrogens is 463 g/mol. The Morgan fingerprint density at radius 1 is 1.24 bits per heavy atom. The average Bonchev–Trinajstić information content (AvgIpc) is 2.73. The van der Waals surface area contributed by atoms with Gasteiger partial charge in [0.25, 0.3) is 5.56 Å². The first kappa shape index (κ1) is 23.1. The summed E-state index contributed by atoms with van der Waals surface area (Å²) >= 11 is 5.62. The lowest BCUT2D eigenvalue weighted by molar-refractivity contribution is -0.137. The second-order valence-electron chi connectivity index (χ2n) is 8.31. The van der Waals surface area contributed by atoms with Crippen LogP contribution in [-0.4, -0.2) is 34.9 Å². The van der Waals surface area contributed by atoms with Crippen LogP contribution in [0.3, 0.4) is 0 Å². The van der Waals surface area contributed by atoms with E-state index in [1.807, 2.05) is 4.90 Å². The van der Waals surface area contributed by atoms with Gasteiger partial charge in [0.2, 0.25) is 17.8 Å². The van der Waals surface area contributed by atoms with E-state index < -0.39 is 40.1 Å². The Morgan fingerprint density at radius 2 is 1.94 bits per heavy atom. The molecule has 1 atom stereocenters. The molecule has 0 aliphatic carbocycles. The quantitative estimate of drug-likeness (QED) is 0.616. The van der Waals surface area contributed by atoms with E-state index in [0.717, 1.165) is 18.9 Å². The van der Waals surface area contributed by atoms with Gasteiger partial charge in [0, 0.05) is 25.2 Å². The fourth-order valence-electron chi connectivity index (χ4n) is 4.00. The molecule has 0 bridgehead atoms. The standard InChI is InChI=1S/C21H21ClF3N5O3/c1-10-4-6-30(7-5-10)20-28-17-16(19(33)29-20)12(9-15(31)27-17)18(32)26-11-2-3-14(22)13(8-11)21(23,24)25/h2-3,8,10,12H,4-7,9H2,1H3,(H,26,32)(H2,27,28,29,31,33)/t12-/m0/s1. The highest BCUT2D eigenvalue weighted by Gasteiger charge is 2.37. The van der Waals surface area contributed by atoms with Crippen molar-refractivity contribution in [3.63, 3.8) is 0 Å². The van der Waals surface area contributed by atoms with E-state index in [0.29, 0.717) is 31.0 Å². The van der Waals surface area contributed by atoms with Crippen LogP contribution in [0.1, 0.15) is 43.2 Å². The first-order valence-electron chi connectivity index (χ1n) is 10.4. The van der Waals surface area contributed by atoms with Crippen molar-refractivity contribution in [2.45, 2.75) is 38.3 Å². The van der Waals surface area contributed by atoms with Gasteiger partial charge in [-0.2, -0.15) is 18.2 Å². The summed E-state index contributed by atoms with van der Waals surface area (Å²) in [5.41, 5.74) is -1.89. The number of carbonyl (C=O) groups excluding carboxylic acids is 2. The number of piperidine rings is 1. The van der Waals surface area contributed by atoms with Crippen molar-refractivity contribution < 1.29 is 22.8 Å². The highest BCUT2D eigenvalue weighted by molar-refractivity contribution is 6.31. The summed E-state index contributed by atoms with van der Waals surface area (Å²) in [5.74, 6) is -1.69. The van der Waals surface area contributed by atoms with Crippen LogP contribution in [0.5, 0.6) is 0 Å². The van der Waals surface area contributed by atoms with Crippen molar-refractivity contribution >= 4 is 40.9 Å². The van der Waals surface area contributed by atoms with Crippen molar-refractivity contribution in [3.05, 3.63) is 44.7 Å². The van der Waals surface area contributed by atoms with Crippen LogP contribution in [0.15, 0.2) is 23.0 Å². The van der Waals surface area contributed by atoms with E-state index in [2.05, 4.69) is 27.5 Å². The topological polar surface area (TPSA) is 107 Å². The van der Waals surface area contributed by atoms with Gasteiger partial charge in [-0.1, -0.05) is 18.5 Å². The van der Waals surface area contributed by atoms with Gasteiger partial charge in [0.15, 0.2) is 0 Å². The van der Waals surface area contributed by atoms with Crippen molar-refractivity contribution in [2.75, 3.05) is 28.6 Å². The maximum absolute atomic E-state index is 13.1. The zero-order chi connectivity index (χ0) is 23.9. The predicted octanol–water partition coefficient (Wildman–Crippen LogP) is 3.74. The number of anilines is 3. The summed E-state index contributed by atoms with van der Waals surface area (Å²) in [4.78, 5) is 47.0. The fourth-order valence-corrected chi connectivity index (χ4v) is 4.23. The number of halogens is 4. The number of aromatic amines is 1. The molecule has 33 heavy (non-hydrogen) atoms. The summed E-state index contributed by atoms with van der Waals surface area (Å²) in [6.45, 7) is 3.53. The zero-order valence-electron chi connectivity index (χ0n) is 17.6. The van der Waals surface area contributed by atoms with E-state index >= 15 is 0 Å². The molecule has 1 aromatic heterocycles. The number of nitrogens with zero attached hydrogens (tertiary/aromatic N) is 2. The zero-order valence-corrected chi connectivity index (χ0v) is 18.3. The lowest BCUT2D eigenvalue weighted by atomic mass is 9.92. The van der Waals surface area contributed by atoms with Gasteiger partial charge in [-0.15, -0.1) is 0 Å². The Morgan fingerprint density at radius 3 is 2.61 bits per heavy atom. The van der Waals surface area contributed by atoms with Crippen molar-refractivity contribution in [1.82, 2.24) is 9.97 Å². The lowest BCUT2D eigenvalue weighted by Gasteiger charge is -2.31. The van der Waals surface area contributed by atoms with Crippen LogP contribution >= 0.6 is 11.6 Å². The summed E-state index contributed by atoms with van der Waals surface area (Å²) in [6, 6.07) is 2.93. The van der Waals surface area contributed by atoms with E-state index in [1.165, 1.54) is 6.07 Å². The molecule has 12 heteroatoms. The van der Waals surface area contributed by atoms with Crippen LogP contribution in [-0.2, 0) is 15.8 Å². The Hall–Kier alpha value is -3.08. The van der Waals surface area contributed by atoms with Gasteiger partial charge >= 0.3 is 6.18 Å². The van der Waals surface area contributed by atoms with E-state index in [4.69, 9.17) is 11.6 Å². The molecule has 8 nitrogen and oxygen atoms in total. The number of carbonyl (C=O) groups is 2. The molecule has 1 fully saturated rings. The van der Waals surface area contributed by atoms with Crippen LogP contribution in [0, 0.1) is 5.92 Å². The molecule has 2 aliphatic rings. The maximum Gasteiger partial charge on any atom is 0.417 e. The van der Waals surface area contributed by atoms with Gasteiger partial charge < -0.3 is 15.5 Å². The number of hydrogen-bond donors (Lipinski definition) is 3. The highest BCUT2D eigenvalue weighted by Crippen LogP contribution is 2.37. The van der Waals surface area contributed by atoms with Gasteiger partial charge in [0.05, 0.1) is 22.1 Å². The predicted molar refractivity (Wildman–Crippen MR) is 117 cm³/mol. The molecule has 2 amide bonds. The number of alkyl halides is 3. The minimum absolute atomic E-state index is 0.0177. The van der Waals surface area contributed by atoms with Gasteiger partial charge in [-0.25, -0.2) is 0 Å². The summed E-state index contributed by atoms with van der Waals surface area (Å²) < 4.78 is 39.4. The largest absolute Gasteiger partial charge is 0.417 e. The number of fused-ring (bicyclic) bond motifs is 1. The van der Waals surface area contributed by atoms with Gasteiger partial charge in [0.1, 0.15) is 5.82 Å². The molecule has 2 aromatic rings. The number of rotatable bonds is 3. The molecule has 0 saturated carbocycles. The number of amides is 2. The van der Waals surface area contributed by atoms with E-state index in [9.17, 15) is 27.6 Å². The van der Waals surface area contributed by atoms with Crippen LogP contribution in [0.25, 0.3) is 0 Å². The SMILES string of the molecule is CC1CCN(c2nc3c(c(=O)[nH]2)[C@@H](C(=O)Nc2ccc(Cl)c(C(F)(F)F)c2)CC(=O)N3)CC1. The Bertz CT molecular complexity index is 1160. The molecule has 1 aromatic carbocycles. The number of nitrogens with one attached hydrogen (secondary N) is 3. The van der Waals surface area contributed by atoms with Gasteiger partial charge in [-0.05, 0) is 37.0 Å². The second-order valence-corrected chi connectivity index (χ2v) is 8.72. The third-order valence-electron chi connectivity index (χ3n) is 5.88. The number of hydrogen-bond acceptors (Lipinski definition) is 5. The number of aromatic nitrogens is 2. The van der Waals surface area contributed by atoms with Crippen molar-refractivity contribution in [1.29, 1.82) is 0 Å². The summed E-state index contributed by atoms with van der Waals surface area (Å²) in [5, 5.41) is 4.37. The fraction of sp³-hybridized carbons (Fsp3) is 0.429. The van der Waals surface area contributed by atoms with E-state index in [-0.39, 0.29) is 23.5 Å². The molecule has 0 spiro atoms. The van der Waals surface area contributed by atoms with E-state index in [1.54, 1.807) is 0 Å². The Labute approximate surface area is 191 Å². The first-order chi connectivity index (χ1) is 15.5. The Kier molecular flexibility index (Phi) is 6.08. The number of benzene rings is 1. The normalized spacial score (nSPS) is 19.1. The minimum Gasteiger partial charge on any atom is -0.342 e. The molecule has 176 valence electrons. The average molecular weight is 484 g/mol. The smallest absolute Gasteiger partial charge is 0.342 e. The first-order valence-corrected chi connectivity index (χ1v) is 10.8. The van der Waals surface area contributed by atoms with Crippen LogP contribution in [0.2, 0.25) is 5.02 Å². The molecule has 0 unspecified atom stereocenters. The maximum atomic E-state index is 13.1. The van der Waals surface area contributed by atoms with Crippen LogP contribution in [0.4, 0.5) is 30.6 Å². The van der Waals surface area contributed by atoms with Crippen molar-refractivity contribution in [2.24, 2.45) is 5.92 Å². The minimum atomic E-state index is -4.71. The molecule has 3 N–H and O–H groups in total. The molecule has 2 aliphatic heterocycles. The van der Waals surface area contributed by atoms with Crippen LogP contribution < -0.4 is 21.1 Å².